The highest BCUT2D eigenvalue weighted by Gasteiger charge is 2.47. The van der Waals surface area contributed by atoms with Crippen molar-refractivity contribution in [2.75, 3.05) is 5.32 Å². The van der Waals surface area contributed by atoms with Crippen molar-refractivity contribution in [1.82, 2.24) is 15.0 Å². The molecule has 1 unspecified atom stereocenters. The first-order valence-corrected chi connectivity index (χ1v) is 9.40. The molecule has 1 aliphatic carbocycles. The Morgan fingerprint density at radius 2 is 1.96 bits per heavy atom. The number of nitrogens with zero attached hydrogens (tertiary/aromatic N) is 3. The zero-order valence-electron chi connectivity index (χ0n) is 14.0. The minimum absolute atomic E-state index is 0.165. The van der Waals surface area contributed by atoms with Gasteiger partial charge in [-0.2, -0.15) is 0 Å². The van der Waals surface area contributed by atoms with Gasteiger partial charge in [-0.1, -0.05) is 6.07 Å². The van der Waals surface area contributed by atoms with Crippen LogP contribution in [0.25, 0.3) is 21.7 Å². The number of nitrogens with one attached hydrogen (secondary N) is 1. The van der Waals surface area contributed by atoms with Gasteiger partial charge in [0.2, 0.25) is 5.91 Å². The largest absolute Gasteiger partial charge is 0.509 e. The summed E-state index contributed by atoms with van der Waals surface area (Å²) in [6.07, 6.45) is 1.24. The Kier molecular flexibility index (Phi) is 3.75. The van der Waals surface area contributed by atoms with Gasteiger partial charge in [0.05, 0.1) is 5.39 Å². The summed E-state index contributed by atoms with van der Waals surface area (Å²) in [5, 5.41) is 5.61. The summed E-state index contributed by atoms with van der Waals surface area (Å²) in [7, 11) is 0. The summed E-state index contributed by atoms with van der Waals surface area (Å²) in [6.45, 7) is 0. The molecule has 0 aromatic carbocycles. The Balaban J connectivity index is 1.42. The van der Waals surface area contributed by atoms with Gasteiger partial charge in [-0.05, 0) is 36.4 Å². The Bertz CT molecular complexity index is 1020. The summed E-state index contributed by atoms with van der Waals surface area (Å²) in [5.74, 6) is 0.459. The molecule has 5 rings (SSSR count). The van der Waals surface area contributed by atoms with Gasteiger partial charge in [0.1, 0.15) is 28.6 Å². The highest BCUT2D eigenvalue weighted by atomic mass is 32.1. The molecule has 3 atom stereocenters. The van der Waals surface area contributed by atoms with Crippen LogP contribution >= 0.6 is 11.3 Å². The molecule has 0 bridgehead atoms. The molecule has 9 heteroatoms. The predicted molar refractivity (Wildman–Crippen MR) is 97.1 cm³/mol. The number of carbonyl (C=O) groups excluding carboxylic acids is 2. The second kappa shape index (κ2) is 6.27. The maximum atomic E-state index is 12.8. The van der Waals surface area contributed by atoms with Crippen LogP contribution in [0.4, 0.5) is 10.6 Å². The van der Waals surface area contributed by atoms with Crippen molar-refractivity contribution in [2.45, 2.75) is 25.0 Å². The first kappa shape index (κ1) is 16.1. The van der Waals surface area contributed by atoms with Crippen molar-refractivity contribution in [1.29, 1.82) is 0 Å². The lowest BCUT2D eigenvalue weighted by atomic mass is 10.1. The van der Waals surface area contributed by atoms with Gasteiger partial charge in [-0.15, -0.1) is 11.3 Å². The van der Waals surface area contributed by atoms with Crippen molar-refractivity contribution < 1.29 is 19.1 Å². The second-order valence-corrected chi connectivity index (χ2v) is 7.36. The molecule has 0 spiro atoms. The molecule has 1 amide bonds. The van der Waals surface area contributed by atoms with E-state index in [0.29, 0.717) is 30.2 Å². The van der Waals surface area contributed by atoms with Crippen molar-refractivity contribution in [3.05, 3.63) is 35.8 Å². The highest BCUT2D eigenvalue weighted by molar-refractivity contribution is 7.16. The maximum Gasteiger partial charge on any atom is 0.509 e. The van der Waals surface area contributed by atoms with E-state index >= 15 is 0 Å². The molecule has 1 N–H and O–H groups in total. The minimum atomic E-state index is -0.653. The topological polar surface area (TPSA) is 103 Å². The van der Waals surface area contributed by atoms with Crippen LogP contribution in [-0.4, -0.2) is 39.2 Å². The SMILES string of the molecule is O=C1O[C@H]2CC(C(=O)Nc3nc(-c4ccccn4)nc4sccc34)C[C@H]2O1. The molecule has 136 valence electrons. The molecular weight excluding hydrogens is 368 g/mol. The van der Waals surface area contributed by atoms with Gasteiger partial charge in [-0.25, -0.2) is 14.8 Å². The van der Waals surface area contributed by atoms with E-state index in [0.717, 1.165) is 10.2 Å². The molecule has 8 nitrogen and oxygen atoms in total. The number of fused-ring (bicyclic) bond motifs is 2. The van der Waals surface area contributed by atoms with Gasteiger partial charge in [-0.3, -0.25) is 9.78 Å². The number of thiophene rings is 1. The third-order valence-corrected chi connectivity index (χ3v) is 5.58. The first-order valence-electron chi connectivity index (χ1n) is 8.52. The van der Waals surface area contributed by atoms with Crippen LogP contribution in [0.5, 0.6) is 0 Å². The van der Waals surface area contributed by atoms with E-state index in [4.69, 9.17) is 9.47 Å². The van der Waals surface area contributed by atoms with Crippen LogP contribution < -0.4 is 5.32 Å². The summed E-state index contributed by atoms with van der Waals surface area (Å²) in [6, 6.07) is 7.39. The number of rotatable bonds is 3. The number of hydrogen-bond acceptors (Lipinski definition) is 8. The number of ether oxygens (including phenoxy) is 2. The molecule has 1 saturated carbocycles. The van der Waals surface area contributed by atoms with Crippen molar-refractivity contribution in [3.8, 4) is 11.5 Å². The normalized spacial score (nSPS) is 23.7. The molecule has 1 aliphatic heterocycles. The Morgan fingerprint density at radius 1 is 1.15 bits per heavy atom. The van der Waals surface area contributed by atoms with E-state index in [2.05, 4.69) is 20.3 Å². The van der Waals surface area contributed by atoms with Crippen molar-refractivity contribution >= 4 is 39.4 Å². The predicted octanol–water partition coefficient (Wildman–Crippen LogP) is 3.01. The molecule has 0 radical (unpaired) electrons. The van der Waals surface area contributed by atoms with E-state index in [1.807, 2.05) is 29.6 Å². The number of pyridine rings is 1. The van der Waals surface area contributed by atoms with E-state index < -0.39 is 6.16 Å². The van der Waals surface area contributed by atoms with Crippen LogP contribution in [0, 0.1) is 5.92 Å². The van der Waals surface area contributed by atoms with Crippen LogP contribution in [0.2, 0.25) is 0 Å². The first-order chi connectivity index (χ1) is 13.2. The third kappa shape index (κ3) is 2.89. The average Bonchev–Trinajstić information content (AvgIpc) is 3.36. The van der Waals surface area contributed by atoms with E-state index in [1.165, 1.54) is 11.3 Å². The smallest absolute Gasteiger partial charge is 0.427 e. The molecule has 2 aliphatic rings. The van der Waals surface area contributed by atoms with E-state index in [-0.39, 0.29) is 24.0 Å². The Labute approximate surface area is 157 Å². The number of anilines is 1. The van der Waals surface area contributed by atoms with Gasteiger partial charge in [0, 0.05) is 12.1 Å². The zero-order chi connectivity index (χ0) is 18.4. The van der Waals surface area contributed by atoms with Gasteiger partial charge in [0.15, 0.2) is 5.82 Å². The van der Waals surface area contributed by atoms with Crippen LogP contribution in [0.1, 0.15) is 12.8 Å². The Hall–Kier alpha value is -3.07. The molecular formula is C18H14N4O4S. The Morgan fingerprint density at radius 3 is 2.70 bits per heavy atom. The van der Waals surface area contributed by atoms with E-state index in [9.17, 15) is 9.59 Å². The molecule has 27 heavy (non-hydrogen) atoms. The number of carbonyl (C=O) groups is 2. The fourth-order valence-electron chi connectivity index (χ4n) is 3.48. The average molecular weight is 382 g/mol. The summed E-state index contributed by atoms with van der Waals surface area (Å²) in [5.41, 5.74) is 0.638. The quantitative estimate of drug-likeness (QED) is 0.695. The van der Waals surface area contributed by atoms with Crippen LogP contribution in [-0.2, 0) is 14.3 Å². The maximum absolute atomic E-state index is 12.8. The summed E-state index contributed by atoms with van der Waals surface area (Å²) in [4.78, 5) is 38.0. The van der Waals surface area contributed by atoms with Crippen molar-refractivity contribution in [2.24, 2.45) is 5.92 Å². The second-order valence-electron chi connectivity index (χ2n) is 6.47. The van der Waals surface area contributed by atoms with Crippen LogP contribution in [0.15, 0.2) is 35.8 Å². The number of hydrogen-bond donors (Lipinski definition) is 1. The molecule has 2 fully saturated rings. The minimum Gasteiger partial charge on any atom is -0.427 e. The lowest BCUT2D eigenvalue weighted by molar-refractivity contribution is -0.120. The van der Waals surface area contributed by atoms with Gasteiger partial charge < -0.3 is 14.8 Å². The fraction of sp³-hybridized carbons (Fsp3) is 0.278. The van der Waals surface area contributed by atoms with E-state index in [1.54, 1.807) is 6.20 Å². The molecule has 3 aromatic rings. The monoisotopic (exact) mass is 382 g/mol. The number of aromatic nitrogens is 3. The molecule has 3 aromatic heterocycles. The summed E-state index contributed by atoms with van der Waals surface area (Å²) >= 11 is 1.48. The van der Waals surface area contributed by atoms with Crippen LogP contribution in [0.3, 0.4) is 0 Å². The highest BCUT2D eigenvalue weighted by Crippen LogP contribution is 2.36. The van der Waals surface area contributed by atoms with Gasteiger partial charge >= 0.3 is 6.16 Å². The third-order valence-electron chi connectivity index (χ3n) is 4.77. The molecule has 1 saturated heterocycles. The standard InChI is InChI=1S/C18H14N4O4S/c23-16(9-7-12-13(8-9)26-18(24)25-12)21-14-10-4-6-27-17(10)22-15(20-14)11-3-1-2-5-19-11/h1-6,9,12-13H,7-8H2,(H,20,21,22,23)/t9?,12-,13+. The molecule has 4 heterocycles. The lowest BCUT2D eigenvalue weighted by Gasteiger charge is -2.12. The van der Waals surface area contributed by atoms with Gasteiger partial charge in [0.25, 0.3) is 0 Å². The fourth-order valence-corrected chi connectivity index (χ4v) is 4.24. The summed E-state index contributed by atoms with van der Waals surface area (Å²) < 4.78 is 10.2. The zero-order valence-corrected chi connectivity index (χ0v) is 14.8. The van der Waals surface area contributed by atoms with Crippen molar-refractivity contribution in [3.63, 3.8) is 0 Å². The number of amides is 1. The lowest BCUT2D eigenvalue weighted by Crippen LogP contribution is -2.23.